The topological polar surface area (TPSA) is 82.2 Å². The predicted molar refractivity (Wildman–Crippen MR) is 139 cm³/mol. The van der Waals surface area contributed by atoms with Crippen molar-refractivity contribution in [1.29, 1.82) is 0 Å². The number of rotatable bonds is 2. The number of halogens is 1. The van der Waals surface area contributed by atoms with E-state index in [2.05, 4.69) is 10.2 Å². The van der Waals surface area contributed by atoms with Crippen LogP contribution in [-0.2, 0) is 15.1 Å². The number of amides is 3. The fraction of sp³-hybridized carbons (Fsp3) is 0.483. The van der Waals surface area contributed by atoms with Crippen LogP contribution in [0.5, 0.6) is 5.75 Å². The monoisotopic (exact) mass is 520 g/mol. The summed E-state index contributed by atoms with van der Waals surface area (Å²) in [5.74, 6) is -1.37. The van der Waals surface area contributed by atoms with Gasteiger partial charge >= 0.3 is 0 Å². The lowest BCUT2D eigenvalue weighted by atomic mass is 9.78. The van der Waals surface area contributed by atoms with Crippen molar-refractivity contribution in [3.05, 3.63) is 59.4 Å². The second-order valence-electron chi connectivity index (χ2n) is 10.7. The third-order valence-electron chi connectivity index (χ3n) is 8.74. The molecule has 0 saturated carbocycles. The number of methoxy groups -OCH3 is 1. The summed E-state index contributed by atoms with van der Waals surface area (Å²) < 4.78 is 19.3. The molecule has 2 bridgehead atoms. The van der Waals surface area contributed by atoms with Gasteiger partial charge in [-0.2, -0.15) is 0 Å². The normalized spacial score (nSPS) is 27.5. The zero-order valence-corrected chi connectivity index (χ0v) is 21.6. The smallest absolute Gasteiger partial charge is 0.253 e. The predicted octanol–water partition coefficient (Wildman–Crippen LogP) is 2.91. The molecule has 1 N–H and O–H groups in total. The Kier molecular flexibility index (Phi) is 6.34. The van der Waals surface area contributed by atoms with Crippen LogP contribution < -0.4 is 15.0 Å². The van der Waals surface area contributed by atoms with Gasteiger partial charge in [0.15, 0.2) is 11.6 Å². The van der Waals surface area contributed by atoms with E-state index in [1.54, 1.807) is 11.0 Å². The highest BCUT2D eigenvalue weighted by Gasteiger charge is 2.67. The molecule has 4 heterocycles. The van der Waals surface area contributed by atoms with Gasteiger partial charge in [-0.05, 0) is 62.9 Å². The Labute approximate surface area is 221 Å². The van der Waals surface area contributed by atoms with Crippen molar-refractivity contribution in [2.45, 2.75) is 43.7 Å². The maximum absolute atomic E-state index is 14.4. The van der Waals surface area contributed by atoms with Crippen LogP contribution in [0.4, 0.5) is 10.1 Å². The van der Waals surface area contributed by atoms with Gasteiger partial charge in [0.25, 0.3) is 11.8 Å². The third kappa shape index (κ3) is 3.70. The Bertz CT molecular complexity index is 1280. The summed E-state index contributed by atoms with van der Waals surface area (Å²) in [6.45, 7) is 2.47. The molecule has 1 spiro atoms. The zero-order valence-electron chi connectivity index (χ0n) is 21.6. The summed E-state index contributed by atoms with van der Waals surface area (Å²) in [7, 11) is 1.38. The highest BCUT2D eigenvalue weighted by molar-refractivity contribution is 6.11. The van der Waals surface area contributed by atoms with Gasteiger partial charge < -0.3 is 19.9 Å². The number of benzene rings is 2. The molecule has 0 aromatic heterocycles. The summed E-state index contributed by atoms with van der Waals surface area (Å²) in [6, 6.07) is 12.3. The van der Waals surface area contributed by atoms with Crippen molar-refractivity contribution in [2.24, 2.45) is 5.92 Å². The quantitative estimate of drug-likeness (QED) is 0.659. The number of fused-ring (bicyclic) bond motifs is 4. The Morgan fingerprint density at radius 1 is 1.05 bits per heavy atom. The summed E-state index contributed by atoms with van der Waals surface area (Å²) in [5.41, 5.74) is 1.06. The third-order valence-corrected chi connectivity index (χ3v) is 8.74. The number of ether oxygens (including phenoxy) is 1. The molecule has 6 rings (SSSR count). The van der Waals surface area contributed by atoms with Gasteiger partial charge in [-0.15, -0.1) is 0 Å². The molecule has 38 heavy (non-hydrogen) atoms. The van der Waals surface area contributed by atoms with E-state index in [9.17, 15) is 18.8 Å². The first-order valence-corrected chi connectivity index (χ1v) is 13.6. The fourth-order valence-corrected chi connectivity index (χ4v) is 7.10. The Hall–Kier alpha value is -3.46. The minimum atomic E-state index is -0.966. The number of carbonyl (C=O) groups is 3. The van der Waals surface area contributed by atoms with Gasteiger partial charge in [-0.25, -0.2) is 4.39 Å². The summed E-state index contributed by atoms with van der Waals surface area (Å²) in [4.78, 5) is 47.2. The van der Waals surface area contributed by atoms with Crippen molar-refractivity contribution in [1.82, 2.24) is 15.1 Å². The molecule has 3 atom stereocenters. The van der Waals surface area contributed by atoms with Crippen LogP contribution in [0.3, 0.4) is 0 Å². The molecular weight excluding hydrogens is 487 g/mol. The van der Waals surface area contributed by atoms with E-state index >= 15 is 0 Å². The van der Waals surface area contributed by atoms with Crippen LogP contribution in [0, 0.1) is 11.7 Å². The largest absolute Gasteiger partial charge is 0.494 e. The lowest BCUT2D eigenvalue weighted by molar-refractivity contribution is -0.138. The van der Waals surface area contributed by atoms with Crippen molar-refractivity contribution in [2.75, 3.05) is 44.7 Å². The Morgan fingerprint density at radius 3 is 2.68 bits per heavy atom. The molecule has 0 unspecified atom stereocenters. The molecule has 3 saturated heterocycles. The number of nitrogens with zero attached hydrogens (tertiary/aromatic N) is 3. The average molecular weight is 521 g/mol. The Balaban J connectivity index is 1.32. The zero-order chi connectivity index (χ0) is 26.4. The lowest BCUT2D eigenvalue weighted by Crippen LogP contribution is -2.56. The number of para-hydroxylation sites is 1. The van der Waals surface area contributed by atoms with E-state index in [-0.39, 0.29) is 35.1 Å². The number of anilines is 1. The minimum absolute atomic E-state index is 0.0300. The fourth-order valence-electron chi connectivity index (χ4n) is 7.10. The molecule has 4 aliphatic heterocycles. The molecule has 2 aromatic rings. The Morgan fingerprint density at radius 2 is 1.87 bits per heavy atom. The van der Waals surface area contributed by atoms with Crippen LogP contribution in [0.15, 0.2) is 42.5 Å². The van der Waals surface area contributed by atoms with Crippen LogP contribution in [0.2, 0.25) is 0 Å². The molecule has 200 valence electrons. The molecule has 0 radical (unpaired) electrons. The van der Waals surface area contributed by atoms with Crippen LogP contribution in [0.25, 0.3) is 0 Å². The van der Waals surface area contributed by atoms with Crippen LogP contribution in [0.1, 0.15) is 48.0 Å². The molecule has 8 nitrogen and oxygen atoms in total. The lowest BCUT2D eigenvalue weighted by Gasteiger charge is -2.37. The number of hydrogen-bond acceptors (Lipinski definition) is 5. The first-order chi connectivity index (χ1) is 18.5. The maximum Gasteiger partial charge on any atom is 0.253 e. The highest BCUT2D eigenvalue weighted by atomic mass is 19.1. The summed E-state index contributed by atoms with van der Waals surface area (Å²) in [5, 5.41) is 3.08. The van der Waals surface area contributed by atoms with E-state index < -0.39 is 17.3 Å². The van der Waals surface area contributed by atoms with Crippen LogP contribution >= 0.6 is 0 Å². The number of nitrogens with one attached hydrogen (secondary N) is 1. The molecule has 9 heteroatoms. The molecule has 4 aliphatic rings. The second-order valence-corrected chi connectivity index (χ2v) is 10.7. The first kappa shape index (κ1) is 24.9. The minimum Gasteiger partial charge on any atom is -0.494 e. The molecule has 0 aliphatic carbocycles. The molecule has 3 amide bonds. The van der Waals surface area contributed by atoms with E-state index in [0.29, 0.717) is 45.4 Å². The van der Waals surface area contributed by atoms with E-state index in [1.807, 2.05) is 29.2 Å². The van der Waals surface area contributed by atoms with E-state index in [1.165, 1.54) is 19.2 Å². The SMILES string of the molecule is COc1ccc(C(=O)N2CCCNC(=O)[C@@H]3C[C@@H]4CCCN4[C@@]34C(=O)N(CCC2)c2ccccc24)cc1F. The van der Waals surface area contributed by atoms with Gasteiger partial charge in [0.1, 0.15) is 5.54 Å². The maximum atomic E-state index is 14.4. The summed E-state index contributed by atoms with van der Waals surface area (Å²) >= 11 is 0. The van der Waals surface area contributed by atoms with E-state index in [4.69, 9.17) is 4.74 Å². The van der Waals surface area contributed by atoms with Crippen molar-refractivity contribution in [3.8, 4) is 5.75 Å². The molecule has 3 fully saturated rings. The van der Waals surface area contributed by atoms with Crippen molar-refractivity contribution < 1.29 is 23.5 Å². The van der Waals surface area contributed by atoms with Gasteiger partial charge in [0.05, 0.1) is 13.0 Å². The van der Waals surface area contributed by atoms with Gasteiger partial charge in [-0.3, -0.25) is 19.3 Å². The van der Waals surface area contributed by atoms with E-state index in [0.717, 1.165) is 30.6 Å². The summed E-state index contributed by atoms with van der Waals surface area (Å²) in [6.07, 6.45) is 3.84. The first-order valence-electron chi connectivity index (χ1n) is 13.6. The van der Waals surface area contributed by atoms with Gasteiger partial charge in [-0.1, -0.05) is 18.2 Å². The van der Waals surface area contributed by atoms with Crippen LogP contribution in [-0.4, -0.2) is 73.4 Å². The standard InChI is InChI=1S/C29H33FN4O4/c1-38-25-11-10-19(17-23(25)30)27(36)32-13-5-12-31-26(35)22-18-20-7-4-16-34(20)29(22)21-8-2-3-9-24(21)33(28(29)37)15-6-14-32/h2-3,8-11,17,20,22H,4-7,12-16,18H2,1H3,(H,31,35)/t20-,22-,29+/m0/s1. The highest BCUT2D eigenvalue weighted by Crippen LogP contribution is 2.57. The average Bonchev–Trinajstić information content (AvgIpc) is 3.58. The number of hydrogen-bond donors (Lipinski definition) is 1. The van der Waals surface area contributed by atoms with Gasteiger partial charge in [0.2, 0.25) is 5.91 Å². The van der Waals surface area contributed by atoms with Crippen molar-refractivity contribution in [3.63, 3.8) is 0 Å². The molecular formula is C29H33FN4O4. The number of carbonyl (C=O) groups excluding carboxylic acids is 3. The van der Waals surface area contributed by atoms with Gasteiger partial charge in [0, 0.05) is 49.0 Å². The second kappa shape index (κ2) is 9.69. The van der Waals surface area contributed by atoms with Crippen molar-refractivity contribution >= 4 is 23.4 Å². The molecule has 2 aromatic carbocycles.